The standard InChI is InChI=1S/C11H17N3O2S/c15-17(16,9-11-4-1-2-6-13-11)14-8-10-5-3-7-12-10/h1-2,4,6,10,12,14H,3,5,7-9H2. The number of pyridine rings is 1. The summed E-state index contributed by atoms with van der Waals surface area (Å²) in [6.45, 7) is 1.45. The number of hydrogen-bond acceptors (Lipinski definition) is 4. The van der Waals surface area contributed by atoms with E-state index in [0.717, 1.165) is 19.4 Å². The molecule has 1 aliphatic rings. The van der Waals surface area contributed by atoms with E-state index in [1.54, 1.807) is 24.4 Å². The van der Waals surface area contributed by atoms with Gasteiger partial charge < -0.3 is 5.32 Å². The molecule has 1 aliphatic heterocycles. The van der Waals surface area contributed by atoms with Crippen molar-refractivity contribution >= 4 is 10.0 Å². The molecule has 17 heavy (non-hydrogen) atoms. The van der Waals surface area contributed by atoms with Gasteiger partial charge in [0.15, 0.2) is 0 Å². The van der Waals surface area contributed by atoms with E-state index in [1.165, 1.54) is 0 Å². The topological polar surface area (TPSA) is 71.1 Å². The maximum absolute atomic E-state index is 11.8. The third-order valence-electron chi connectivity index (χ3n) is 2.78. The molecule has 0 aliphatic carbocycles. The Morgan fingerprint density at radius 2 is 2.35 bits per heavy atom. The lowest BCUT2D eigenvalue weighted by Gasteiger charge is -2.11. The van der Waals surface area contributed by atoms with Crippen molar-refractivity contribution in [2.75, 3.05) is 13.1 Å². The van der Waals surface area contributed by atoms with Gasteiger partial charge in [0.05, 0.1) is 5.69 Å². The molecule has 0 amide bonds. The quantitative estimate of drug-likeness (QED) is 0.791. The monoisotopic (exact) mass is 255 g/mol. The van der Waals surface area contributed by atoms with Gasteiger partial charge in [0, 0.05) is 18.8 Å². The van der Waals surface area contributed by atoms with Crippen LogP contribution in [0.15, 0.2) is 24.4 Å². The lowest BCUT2D eigenvalue weighted by atomic mass is 10.2. The van der Waals surface area contributed by atoms with Gasteiger partial charge in [-0.15, -0.1) is 0 Å². The number of nitrogens with zero attached hydrogens (tertiary/aromatic N) is 1. The average molecular weight is 255 g/mol. The van der Waals surface area contributed by atoms with Crippen LogP contribution in [0, 0.1) is 0 Å². The van der Waals surface area contributed by atoms with Crippen LogP contribution in [0.25, 0.3) is 0 Å². The smallest absolute Gasteiger partial charge is 0.217 e. The Morgan fingerprint density at radius 1 is 1.47 bits per heavy atom. The summed E-state index contributed by atoms with van der Waals surface area (Å²) in [7, 11) is -3.27. The van der Waals surface area contributed by atoms with E-state index in [-0.39, 0.29) is 11.8 Å². The summed E-state index contributed by atoms with van der Waals surface area (Å²) in [4.78, 5) is 4.01. The highest BCUT2D eigenvalue weighted by molar-refractivity contribution is 7.88. The zero-order valence-corrected chi connectivity index (χ0v) is 10.4. The summed E-state index contributed by atoms with van der Waals surface area (Å²) in [5.41, 5.74) is 0.569. The van der Waals surface area contributed by atoms with Crippen molar-refractivity contribution in [2.24, 2.45) is 0 Å². The van der Waals surface area contributed by atoms with Crippen molar-refractivity contribution in [2.45, 2.75) is 24.6 Å². The van der Waals surface area contributed by atoms with Gasteiger partial charge in [-0.2, -0.15) is 0 Å². The fourth-order valence-corrected chi connectivity index (χ4v) is 3.01. The number of sulfonamides is 1. The highest BCUT2D eigenvalue weighted by atomic mass is 32.2. The van der Waals surface area contributed by atoms with Crippen LogP contribution in [0.3, 0.4) is 0 Å². The molecule has 0 spiro atoms. The van der Waals surface area contributed by atoms with E-state index in [2.05, 4.69) is 15.0 Å². The van der Waals surface area contributed by atoms with Crippen molar-refractivity contribution < 1.29 is 8.42 Å². The van der Waals surface area contributed by atoms with Gasteiger partial charge in [0.1, 0.15) is 5.75 Å². The van der Waals surface area contributed by atoms with Crippen molar-refractivity contribution in [3.63, 3.8) is 0 Å². The Labute approximate surface area is 102 Å². The van der Waals surface area contributed by atoms with Crippen LogP contribution in [-0.2, 0) is 15.8 Å². The molecular weight excluding hydrogens is 238 g/mol. The largest absolute Gasteiger partial charge is 0.313 e. The first-order chi connectivity index (χ1) is 8.16. The van der Waals surface area contributed by atoms with Crippen molar-refractivity contribution in [3.05, 3.63) is 30.1 Å². The van der Waals surface area contributed by atoms with E-state index >= 15 is 0 Å². The lowest BCUT2D eigenvalue weighted by Crippen LogP contribution is -2.37. The first kappa shape index (κ1) is 12.5. The Morgan fingerprint density at radius 3 is 3.00 bits per heavy atom. The minimum Gasteiger partial charge on any atom is -0.313 e. The molecule has 6 heteroatoms. The molecule has 1 unspecified atom stereocenters. The number of aromatic nitrogens is 1. The zero-order valence-electron chi connectivity index (χ0n) is 9.59. The highest BCUT2D eigenvalue weighted by Crippen LogP contribution is 2.05. The van der Waals surface area contributed by atoms with Crippen molar-refractivity contribution in [3.8, 4) is 0 Å². The van der Waals surface area contributed by atoms with E-state index in [1.807, 2.05) is 0 Å². The minimum atomic E-state index is -3.27. The number of rotatable bonds is 5. The summed E-state index contributed by atoms with van der Waals surface area (Å²) in [6, 6.07) is 5.55. The van der Waals surface area contributed by atoms with Crippen LogP contribution in [0.2, 0.25) is 0 Å². The molecule has 5 nitrogen and oxygen atoms in total. The van der Waals surface area contributed by atoms with E-state index < -0.39 is 10.0 Å². The first-order valence-corrected chi connectivity index (χ1v) is 7.41. The minimum absolute atomic E-state index is 0.0550. The highest BCUT2D eigenvalue weighted by Gasteiger charge is 2.18. The third-order valence-corrected chi connectivity index (χ3v) is 4.06. The van der Waals surface area contributed by atoms with E-state index in [0.29, 0.717) is 12.2 Å². The molecule has 2 N–H and O–H groups in total. The van der Waals surface area contributed by atoms with Crippen LogP contribution in [0.4, 0.5) is 0 Å². The first-order valence-electron chi connectivity index (χ1n) is 5.76. The van der Waals surface area contributed by atoms with Crippen LogP contribution < -0.4 is 10.0 Å². The van der Waals surface area contributed by atoms with Gasteiger partial charge in [-0.05, 0) is 31.5 Å². The van der Waals surface area contributed by atoms with Gasteiger partial charge in [-0.1, -0.05) is 6.07 Å². The van der Waals surface area contributed by atoms with E-state index in [4.69, 9.17) is 0 Å². The van der Waals surface area contributed by atoms with Gasteiger partial charge >= 0.3 is 0 Å². The molecule has 0 saturated carbocycles. The molecule has 0 radical (unpaired) electrons. The number of hydrogen-bond donors (Lipinski definition) is 2. The molecule has 0 aromatic carbocycles. The molecule has 1 aromatic heterocycles. The third kappa shape index (κ3) is 4.07. The Bertz CT molecular complexity index is 441. The summed E-state index contributed by atoms with van der Waals surface area (Å²) in [6.07, 6.45) is 3.75. The summed E-state index contributed by atoms with van der Waals surface area (Å²) >= 11 is 0. The molecule has 2 heterocycles. The Hall–Kier alpha value is -0.980. The number of nitrogens with one attached hydrogen (secondary N) is 2. The lowest BCUT2D eigenvalue weighted by molar-refractivity contribution is 0.550. The predicted molar refractivity (Wildman–Crippen MR) is 65.9 cm³/mol. The van der Waals surface area contributed by atoms with Crippen molar-refractivity contribution in [1.82, 2.24) is 15.0 Å². The second-order valence-electron chi connectivity index (χ2n) is 4.22. The average Bonchev–Trinajstić information content (AvgIpc) is 2.80. The second-order valence-corrected chi connectivity index (χ2v) is 6.03. The molecule has 1 aromatic rings. The Balaban J connectivity index is 1.86. The van der Waals surface area contributed by atoms with Crippen LogP contribution in [0.1, 0.15) is 18.5 Å². The van der Waals surface area contributed by atoms with Gasteiger partial charge in [0.2, 0.25) is 10.0 Å². The van der Waals surface area contributed by atoms with Crippen LogP contribution >= 0.6 is 0 Å². The molecule has 2 rings (SSSR count). The van der Waals surface area contributed by atoms with E-state index in [9.17, 15) is 8.42 Å². The SMILES string of the molecule is O=S(=O)(Cc1ccccn1)NCC1CCCN1. The van der Waals surface area contributed by atoms with Gasteiger partial charge in [-0.3, -0.25) is 4.98 Å². The summed E-state index contributed by atoms with van der Waals surface area (Å²) < 4.78 is 26.2. The fraction of sp³-hybridized carbons (Fsp3) is 0.545. The molecule has 1 atom stereocenters. The van der Waals surface area contributed by atoms with Crippen molar-refractivity contribution in [1.29, 1.82) is 0 Å². The maximum Gasteiger partial charge on any atom is 0.217 e. The summed E-state index contributed by atoms with van der Waals surface area (Å²) in [5, 5.41) is 3.25. The fourth-order valence-electron chi connectivity index (χ4n) is 1.89. The van der Waals surface area contributed by atoms with Gasteiger partial charge in [0.25, 0.3) is 0 Å². The Kier molecular flexibility index (Phi) is 4.09. The summed E-state index contributed by atoms with van der Waals surface area (Å²) in [5.74, 6) is -0.0550. The van der Waals surface area contributed by atoms with Crippen LogP contribution in [0.5, 0.6) is 0 Å². The van der Waals surface area contributed by atoms with Crippen LogP contribution in [-0.4, -0.2) is 32.5 Å². The molecule has 1 saturated heterocycles. The zero-order chi connectivity index (χ0) is 12.1. The molecule has 94 valence electrons. The second kappa shape index (κ2) is 5.57. The molecule has 0 bridgehead atoms. The normalized spacial score (nSPS) is 20.6. The predicted octanol–water partition coefficient (Wildman–Crippen LogP) is 0.253. The maximum atomic E-state index is 11.8. The molecular formula is C11H17N3O2S. The van der Waals surface area contributed by atoms with Gasteiger partial charge in [-0.25, -0.2) is 13.1 Å². The molecule has 1 fully saturated rings.